The van der Waals surface area contributed by atoms with Crippen LogP contribution in [0.2, 0.25) is 0 Å². The van der Waals surface area contributed by atoms with Crippen LogP contribution in [0.4, 0.5) is 0 Å². The molecule has 4 rings (SSSR count). The van der Waals surface area contributed by atoms with Crippen molar-refractivity contribution in [2.24, 2.45) is 0 Å². The van der Waals surface area contributed by atoms with Gasteiger partial charge in [-0.15, -0.1) is 0 Å². The van der Waals surface area contributed by atoms with E-state index in [0.29, 0.717) is 5.52 Å². The maximum absolute atomic E-state index is 12.6. The molecule has 2 aromatic heterocycles. The van der Waals surface area contributed by atoms with E-state index in [-0.39, 0.29) is 5.56 Å². The minimum atomic E-state index is 0.0200. The standard InChI is InChI=1S/C17H17N3OS/c1-10-7-11(2)9-12(8-10)15-19-14-16(22-15)18-13-5-3-4-6-20(13)17(14)21/h7-9H,3-6H2,1-2H3. The second-order valence-electron chi connectivity index (χ2n) is 5.99. The van der Waals surface area contributed by atoms with Crippen LogP contribution < -0.4 is 5.56 Å². The summed E-state index contributed by atoms with van der Waals surface area (Å²) >= 11 is 1.52. The van der Waals surface area contributed by atoms with Crippen molar-refractivity contribution in [1.82, 2.24) is 14.5 Å². The zero-order valence-corrected chi connectivity index (χ0v) is 13.5. The van der Waals surface area contributed by atoms with E-state index >= 15 is 0 Å². The summed E-state index contributed by atoms with van der Waals surface area (Å²) in [7, 11) is 0. The summed E-state index contributed by atoms with van der Waals surface area (Å²) in [6.07, 6.45) is 3.05. The van der Waals surface area contributed by atoms with Crippen molar-refractivity contribution >= 4 is 21.7 Å². The van der Waals surface area contributed by atoms with Crippen LogP contribution in [0, 0.1) is 13.8 Å². The molecular formula is C17H17N3OS. The molecule has 4 nitrogen and oxygen atoms in total. The summed E-state index contributed by atoms with van der Waals surface area (Å²) in [6, 6.07) is 6.37. The second kappa shape index (κ2) is 5.02. The summed E-state index contributed by atoms with van der Waals surface area (Å²) in [6.45, 7) is 4.93. The third-order valence-corrected chi connectivity index (χ3v) is 5.10. The number of benzene rings is 1. The van der Waals surface area contributed by atoms with Gasteiger partial charge in [-0.05, 0) is 38.8 Å². The lowest BCUT2D eigenvalue weighted by Gasteiger charge is -2.16. The molecule has 0 N–H and O–H groups in total. The molecular weight excluding hydrogens is 294 g/mol. The number of hydrogen-bond donors (Lipinski definition) is 0. The molecule has 0 saturated carbocycles. The average Bonchev–Trinajstić information content (AvgIpc) is 2.91. The summed E-state index contributed by atoms with van der Waals surface area (Å²) in [4.78, 5) is 22.7. The van der Waals surface area contributed by atoms with Crippen molar-refractivity contribution in [3.05, 3.63) is 45.5 Å². The molecule has 0 saturated heterocycles. The van der Waals surface area contributed by atoms with Gasteiger partial charge in [-0.2, -0.15) is 0 Å². The quantitative estimate of drug-likeness (QED) is 0.691. The van der Waals surface area contributed by atoms with E-state index in [1.54, 1.807) is 4.57 Å². The van der Waals surface area contributed by atoms with Crippen molar-refractivity contribution in [1.29, 1.82) is 0 Å². The molecule has 0 aliphatic carbocycles. The third kappa shape index (κ3) is 2.16. The van der Waals surface area contributed by atoms with Gasteiger partial charge in [0.05, 0.1) is 0 Å². The van der Waals surface area contributed by atoms with Gasteiger partial charge in [0, 0.05) is 18.5 Å². The zero-order valence-electron chi connectivity index (χ0n) is 12.7. The molecule has 0 spiro atoms. The van der Waals surface area contributed by atoms with Crippen LogP contribution in [0.25, 0.3) is 20.9 Å². The van der Waals surface area contributed by atoms with Gasteiger partial charge < -0.3 is 0 Å². The minimum Gasteiger partial charge on any atom is -0.295 e. The van der Waals surface area contributed by atoms with Crippen molar-refractivity contribution < 1.29 is 0 Å². The molecule has 3 heterocycles. The Morgan fingerprint density at radius 3 is 2.64 bits per heavy atom. The Hall–Kier alpha value is -2.01. The lowest BCUT2D eigenvalue weighted by atomic mass is 10.1. The van der Waals surface area contributed by atoms with E-state index in [9.17, 15) is 4.79 Å². The van der Waals surface area contributed by atoms with Crippen LogP contribution in [-0.2, 0) is 13.0 Å². The average molecular weight is 311 g/mol. The topological polar surface area (TPSA) is 47.8 Å². The second-order valence-corrected chi connectivity index (χ2v) is 6.97. The van der Waals surface area contributed by atoms with Crippen molar-refractivity contribution in [3.8, 4) is 10.6 Å². The van der Waals surface area contributed by atoms with Gasteiger partial charge in [-0.25, -0.2) is 9.97 Å². The molecule has 0 bridgehead atoms. The molecule has 3 aromatic rings. The van der Waals surface area contributed by atoms with Gasteiger partial charge >= 0.3 is 0 Å². The summed E-state index contributed by atoms with van der Waals surface area (Å²) in [5.41, 5.74) is 4.02. The van der Waals surface area contributed by atoms with Gasteiger partial charge in [-0.3, -0.25) is 9.36 Å². The molecule has 0 radical (unpaired) electrons. The van der Waals surface area contributed by atoms with Gasteiger partial charge in [0.1, 0.15) is 10.8 Å². The van der Waals surface area contributed by atoms with Crippen molar-refractivity contribution in [3.63, 3.8) is 0 Å². The van der Waals surface area contributed by atoms with E-state index in [0.717, 1.165) is 47.0 Å². The maximum Gasteiger partial charge on any atom is 0.280 e. The summed E-state index contributed by atoms with van der Waals surface area (Å²) < 4.78 is 1.80. The number of hydrogen-bond acceptors (Lipinski definition) is 4. The molecule has 0 atom stereocenters. The van der Waals surface area contributed by atoms with E-state index < -0.39 is 0 Å². The maximum atomic E-state index is 12.6. The normalized spacial score (nSPS) is 14.3. The predicted octanol–water partition coefficient (Wildman–Crippen LogP) is 3.47. The van der Waals surface area contributed by atoms with Crippen LogP contribution in [-0.4, -0.2) is 14.5 Å². The van der Waals surface area contributed by atoms with E-state index in [4.69, 9.17) is 0 Å². The van der Waals surface area contributed by atoms with Crippen molar-refractivity contribution in [2.45, 2.75) is 39.7 Å². The Morgan fingerprint density at radius 1 is 1.09 bits per heavy atom. The first-order valence-electron chi connectivity index (χ1n) is 7.61. The first kappa shape index (κ1) is 13.6. The van der Waals surface area contributed by atoms with Crippen LogP contribution in [0.1, 0.15) is 29.8 Å². The number of rotatable bonds is 1. The highest BCUT2D eigenvalue weighted by atomic mass is 32.1. The fraction of sp³-hybridized carbons (Fsp3) is 0.353. The van der Waals surface area contributed by atoms with Gasteiger partial charge in [0.25, 0.3) is 5.56 Å². The lowest BCUT2D eigenvalue weighted by molar-refractivity contribution is 0.501. The monoisotopic (exact) mass is 311 g/mol. The highest BCUT2D eigenvalue weighted by molar-refractivity contribution is 7.21. The fourth-order valence-electron chi connectivity index (χ4n) is 3.15. The fourth-order valence-corrected chi connectivity index (χ4v) is 4.08. The Balaban J connectivity index is 1.94. The molecule has 112 valence electrons. The molecule has 0 unspecified atom stereocenters. The molecule has 1 aliphatic rings. The van der Waals surface area contributed by atoms with Crippen LogP contribution in [0.5, 0.6) is 0 Å². The third-order valence-electron chi connectivity index (χ3n) is 4.10. The number of aromatic nitrogens is 3. The summed E-state index contributed by atoms with van der Waals surface area (Å²) in [5, 5.41) is 0.884. The molecule has 22 heavy (non-hydrogen) atoms. The Bertz CT molecular complexity index is 919. The Kier molecular flexibility index (Phi) is 3.11. The van der Waals surface area contributed by atoms with E-state index in [2.05, 4.69) is 42.0 Å². The Labute approximate surface area is 132 Å². The smallest absolute Gasteiger partial charge is 0.280 e. The molecule has 1 aromatic carbocycles. The first-order valence-corrected chi connectivity index (χ1v) is 8.42. The lowest BCUT2D eigenvalue weighted by Crippen LogP contribution is -2.28. The molecule has 1 aliphatic heterocycles. The molecule has 5 heteroatoms. The number of nitrogens with zero attached hydrogens (tertiary/aromatic N) is 3. The van der Waals surface area contributed by atoms with Gasteiger partial charge in [-0.1, -0.05) is 28.5 Å². The number of thiazole rings is 1. The van der Waals surface area contributed by atoms with Gasteiger partial charge in [0.15, 0.2) is 10.3 Å². The number of aryl methyl sites for hydroxylation is 3. The highest BCUT2D eigenvalue weighted by Crippen LogP contribution is 2.29. The zero-order chi connectivity index (χ0) is 15.3. The molecule has 0 amide bonds. The number of fused-ring (bicyclic) bond motifs is 2. The van der Waals surface area contributed by atoms with Crippen LogP contribution >= 0.6 is 11.3 Å². The largest absolute Gasteiger partial charge is 0.295 e. The van der Waals surface area contributed by atoms with Crippen LogP contribution in [0.15, 0.2) is 23.0 Å². The van der Waals surface area contributed by atoms with Crippen LogP contribution in [0.3, 0.4) is 0 Å². The first-order chi connectivity index (χ1) is 10.6. The highest BCUT2D eigenvalue weighted by Gasteiger charge is 2.18. The van der Waals surface area contributed by atoms with E-state index in [1.165, 1.54) is 22.5 Å². The van der Waals surface area contributed by atoms with E-state index in [1.807, 2.05) is 0 Å². The predicted molar refractivity (Wildman–Crippen MR) is 89.5 cm³/mol. The molecule has 0 fully saturated rings. The van der Waals surface area contributed by atoms with Crippen molar-refractivity contribution in [2.75, 3.05) is 0 Å². The Morgan fingerprint density at radius 2 is 1.86 bits per heavy atom. The minimum absolute atomic E-state index is 0.0200. The van der Waals surface area contributed by atoms with Gasteiger partial charge in [0.2, 0.25) is 0 Å². The SMILES string of the molecule is Cc1cc(C)cc(-c2nc3c(=O)n4c(nc3s2)CCCC4)c1. The summed E-state index contributed by atoms with van der Waals surface area (Å²) in [5.74, 6) is 0.916.